The molecule has 1 saturated heterocycles. The van der Waals surface area contributed by atoms with Gasteiger partial charge in [0.2, 0.25) is 0 Å². The van der Waals surface area contributed by atoms with Crippen LogP contribution in [0.25, 0.3) is 0 Å². The van der Waals surface area contributed by atoms with E-state index in [-0.39, 0.29) is 11.9 Å². The molecule has 0 spiro atoms. The number of aryl methyl sites for hydroxylation is 2. The number of carbonyl (C=O) groups excluding carboxylic acids is 1. The van der Waals surface area contributed by atoms with E-state index < -0.39 is 0 Å². The number of hydrogen-bond donors (Lipinski definition) is 0. The van der Waals surface area contributed by atoms with Gasteiger partial charge in [0.05, 0.1) is 17.3 Å². The minimum absolute atomic E-state index is 0.0636. The summed E-state index contributed by atoms with van der Waals surface area (Å²) in [5.74, 6) is 1.50. The zero-order valence-electron chi connectivity index (χ0n) is 15.5. The molecule has 0 N–H and O–H groups in total. The van der Waals surface area contributed by atoms with E-state index in [9.17, 15) is 4.79 Å². The average Bonchev–Trinajstić information content (AvgIpc) is 3.41. The first-order valence-electron chi connectivity index (χ1n) is 9.12. The number of nitrogens with zero attached hydrogens (tertiary/aromatic N) is 2. The second-order valence-corrected chi connectivity index (χ2v) is 7.77. The van der Waals surface area contributed by atoms with Gasteiger partial charge in [0.15, 0.2) is 0 Å². The van der Waals surface area contributed by atoms with E-state index in [0.29, 0.717) is 17.9 Å². The SMILES string of the molecule is Cc1noc(C)c1COc1cccc(C(=O)N2CCCC2c2cccs2)c1. The molecule has 2 aromatic heterocycles. The summed E-state index contributed by atoms with van der Waals surface area (Å²) in [4.78, 5) is 16.3. The maximum atomic E-state index is 13.1. The van der Waals surface area contributed by atoms with E-state index in [1.54, 1.807) is 11.3 Å². The number of aromatic nitrogens is 1. The fourth-order valence-electron chi connectivity index (χ4n) is 3.53. The topological polar surface area (TPSA) is 55.6 Å². The zero-order valence-corrected chi connectivity index (χ0v) is 16.3. The van der Waals surface area contributed by atoms with Crippen molar-refractivity contribution in [3.05, 3.63) is 69.2 Å². The summed E-state index contributed by atoms with van der Waals surface area (Å²) in [6.07, 6.45) is 2.06. The molecule has 1 aliphatic rings. The van der Waals surface area contributed by atoms with Gasteiger partial charge < -0.3 is 14.2 Å². The molecule has 140 valence electrons. The molecule has 1 fully saturated rings. The van der Waals surface area contributed by atoms with Crippen LogP contribution in [0.4, 0.5) is 0 Å². The lowest BCUT2D eigenvalue weighted by Gasteiger charge is -2.24. The van der Waals surface area contributed by atoms with Crippen molar-refractivity contribution in [2.24, 2.45) is 0 Å². The molecule has 0 bridgehead atoms. The van der Waals surface area contributed by atoms with E-state index in [1.807, 2.05) is 49.1 Å². The Kier molecular flexibility index (Phi) is 4.99. The molecule has 0 saturated carbocycles. The monoisotopic (exact) mass is 382 g/mol. The third-order valence-corrected chi connectivity index (χ3v) is 6.00. The van der Waals surface area contributed by atoms with Crippen LogP contribution < -0.4 is 4.74 Å². The number of likely N-dealkylation sites (tertiary alicyclic amines) is 1. The predicted octanol–water partition coefficient (Wildman–Crippen LogP) is 4.91. The molecule has 1 amide bonds. The van der Waals surface area contributed by atoms with Gasteiger partial charge >= 0.3 is 0 Å². The number of carbonyl (C=O) groups is 1. The van der Waals surface area contributed by atoms with E-state index in [2.05, 4.69) is 16.6 Å². The second-order valence-electron chi connectivity index (χ2n) is 6.79. The van der Waals surface area contributed by atoms with Crippen molar-refractivity contribution < 1.29 is 14.1 Å². The molecule has 27 heavy (non-hydrogen) atoms. The van der Waals surface area contributed by atoms with Crippen LogP contribution in [0, 0.1) is 13.8 Å². The van der Waals surface area contributed by atoms with Gasteiger partial charge in [0.1, 0.15) is 18.1 Å². The van der Waals surface area contributed by atoms with Crippen molar-refractivity contribution >= 4 is 17.2 Å². The third kappa shape index (κ3) is 3.62. The van der Waals surface area contributed by atoms with Crippen LogP contribution in [-0.2, 0) is 6.61 Å². The minimum Gasteiger partial charge on any atom is -0.489 e. The Bertz CT molecular complexity index is 913. The average molecular weight is 382 g/mol. The lowest BCUT2D eigenvalue weighted by Crippen LogP contribution is -2.30. The first-order chi connectivity index (χ1) is 13.1. The summed E-state index contributed by atoms with van der Waals surface area (Å²) < 4.78 is 11.1. The smallest absolute Gasteiger partial charge is 0.254 e. The lowest BCUT2D eigenvalue weighted by atomic mass is 10.1. The van der Waals surface area contributed by atoms with Crippen LogP contribution in [0.3, 0.4) is 0 Å². The molecular formula is C21H22N2O3S. The van der Waals surface area contributed by atoms with Crippen LogP contribution in [0.2, 0.25) is 0 Å². The normalized spacial score (nSPS) is 16.7. The Morgan fingerprint density at radius 1 is 1.33 bits per heavy atom. The predicted molar refractivity (Wildman–Crippen MR) is 104 cm³/mol. The Morgan fingerprint density at radius 3 is 2.96 bits per heavy atom. The Morgan fingerprint density at radius 2 is 2.22 bits per heavy atom. The molecular weight excluding hydrogens is 360 g/mol. The Balaban J connectivity index is 1.49. The number of benzene rings is 1. The summed E-state index contributed by atoms with van der Waals surface area (Å²) in [6, 6.07) is 11.8. The largest absolute Gasteiger partial charge is 0.489 e. The van der Waals surface area contributed by atoms with E-state index in [1.165, 1.54) is 4.88 Å². The van der Waals surface area contributed by atoms with Crippen LogP contribution in [0.15, 0.2) is 46.3 Å². The van der Waals surface area contributed by atoms with Crippen molar-refractivity contribution in [1.82, 2.24) is 10.1 Å². The van der Waals surface area contributed by atoms with Crippen LogP contribution in [0.1, 0.15) is 51.1 Å². The number of hydrogen-bond acceptors (Lipinski definition) is 5. The summed E-state index contributed by atoms with van der Waals surface area (Å²) >= 11 is 1.72. The fraction of sp³-hybridized carbons (Fsp3) is 0.333. The molecule has 0 radical (unpaired) electrons. The van der Waals surface area contributed by atoms with Gasteiger partial charge in [-0.05, 0) is 56.3 Å². The summed E-state index contributed by atoms with van der Waals surface area (Å²) in [7, 11) is 0. The van der Waals surface area contributed by atoms with Gasteiger partial charge in [0.25, 0.3) is 5.91 Å². The highest BCUT2D eigenvalue weighted by Crippen LogP contribution is 2.35. The Labute approximate surface area is 162 Å². The molecule has 4 rings (SSSR count). The highest BCUT2D eigenvalue weighted by molar-refractivity contribution is 7.10. The van der Waals surface area contributed by atoms with Crippen molar-refractivity contribution in [2.45, 2.75) is 39.3 Å². The number of ether oxygens (including phenoxy) is 1. The van der Waals surface area contributed by atoms with Gasteiger partial charge in [-0.3, -0.25) is 4.79 Å². The lowest BCUT2D eigenvalue weighted by molar-refractivity contribution is 0.0737. The molecule has 1 aromatic carbocycles. The summed E-state index contributed by atoms with van der Waals surface area (Å²) in [6.45, 7) is 4.94. The van der Waals surface area contributed by atoms with Crippen molar-refractivity contribution in [1.29, 1.82) is 0 Å². The maximum absolute atomic E-state index is 13.1. The van der Waals surface area contributed by atoms with E-state index in [0.717, 1.165) is 36.4 Å². The van der Waals surface area contributed by atoms with Crippen LogP contribution >= 0.6 is 11.3 Å². The van der Waals surface area contributed by atoms with E-state index in [4.69, 9.17) is 9.26 Å². The molecule has 1 unspecified atom stereocenters. The molecule has 1 atom stereocenters. The van der Waals surface area contributed by atoms with Crippen molar-refractivity contribution in [3.63, 3.8) is 0 Å². The molecule has 1 aliphatic heterocycles. The molecule has 0 aliphatic carbocycles. The highest BCUT2D eigenvalue weighted by Gasteiger charge is 2.31. The quantitative estimate of drug-likeness (QED) is 0.629. The standard InChI is InChI=1S/C21H22N2O3S/c1-14-18(15(2)26-22-14)13-25-17-7-3-6-16(12-17)21(24)23-10-4-8-19(23)20-9-5-11-27-20/h3,5-7,9,11-12,19H,4,8,10,13H2,1-2H3. The molecule has 6 heteroatoms. The van der Waals surface area contributed by atoms with Crippen LogP contribution in [-0.4, -0.2) is 22.5 Å². The number of rotatable bonds is 5. The molecule has 3 aromatic rings. The first kappa shape index (κ1) is 17.8. The van der Waals surface area contributed by atoms with Crippen molar-refractivity contribution in [3.8, 4) is 5.75 Å². The molecule has 5 nitrogen and oxygen atoms in total. The third-order valence-electron chi connectivity index (χ3n) is 5.03. The van der Waals surface area contributed by atoms with Crippen molar-refractivity contribution in [2.75, 3.05) is 6.54 Å². The van der Waals surface area contributed by atoms with Gasteiger partial charge in [0, 0.05) is 17.0 Å². The summed E-state index contributed by atoms with van der Waals surface area (Å²) in [5.41, 5.74) is 2.44. The van der Waals surface area contributed by atoms with Gasteiger partial charge in [-0.1, -0.05) is 17.3 Å². The van der Waals surface area contributed by atoms with Gasteiger partial charge in [-0.15, -0.1) is 11.3 Å². The minimum atomic E-state index is 0.0636. The highest BCUT2D eigenvalue weighted by atomic mass is 32.1. The number of thiophene rings is 1. The number of amides is 1. The first-order valence-corrected chi connectivity index (χ1v) is 10.0. The zero-order chi connectivity index (χ0) is 18.8. The maximum Gasteiger partial charge on any atom is 0.254 e. The fourth-order valence-corrected chi connectivity index (χ4v) is 4.41. The second kappa shape index (κ2) is 7.56. The molecule has 3 heterocycles. The van der Waals surface area contributed by atoms with Gasteiger partial charge in [-0.2, -0.15) is 0 Å². The van der Waals surface area contributed by atoms with Crippen LogP contribution in [0.5, 0.6) is 5.75 Å². The van der Waals surface area contributed by atoms with Gasteiger partial charge in [-0.25, -0.2) is 0 Å². The summed E-state index contributed by atoms with van der Waals surface area (Å²) in [5, 5.41) is 6.01. The van der Waals surface area contributed by atoms with E-state index >= 15 is 0 Å². The Hall–Kier alpha value is -2.60.